The Morgan fingerprint density at radius 2 is 1.43 bits per heavy atom. The first kappa shape index (κ1) is 25.3. The molecule has 196 valence electrons. The van der Waals surface area contributed by atoms with Crippen molar-refractivity contribution in [2.75, 3.05) is 0 Å². The Morgan fingerprint density at radius 1 is 0.838 bits per heavy atom. The summed E-state index contributed by atoms with van der Waals surface area (Å²) in [5.74, 6) is -7.32. The Morgan fingerprint density at radius 3 is 2.00 bits per heavy atom. The van der Waals surface area contributed by atoms with Crippen LogP contribution in [0.1, 0.15) is 27.6 Å². The van der Waals surface area contributed by atoms with E-state index in [2.05, 4.69) is 4.18 Å². The molecule has 15 heteroatoms. The lowest BCUT2D eigenvalue weighted by Crippen LogP contribution is -2.34. The van der Waals surface area contributed by atoms with Gasteiger partial charge in [0.2, 0.25) is 5.75 Å². The average Bonchev–Trinajstić information content (AvgIpc) is 2.78. The van der Waals surface area contributed by atoms with E-state index >= 15 is 0 Å². The summed E-state index contributed by atoms with van der Waals surface area (Å²) < 4.78 is 45.8. The summed E-state index contributed by atoms with van der Waals surface area (Å²) in [5, 5.41) is 69.5. The Bertz CT molecular complexity index is 1470. The fourth-order valence-corrected chi connectivity index (χ4v) is 4.12. The summed E-state index contributed by atoms with van der Waals surface area (Å²) in [6.07, 6.45) is -2.79. The number of carbonyl (C=O) groups excluding carboxylic acids is 1. The van der Waals surface area contributed by atoms with Crippen LogP contribution in [0.2, 0.25) is 0 Å². The topological polar surface area (TPSA) is 241 Å². The molecule has 4 rings (SSSR count). The molecule has 8 N–H and O–H groups in total. The van der Waals surface area contributed by atoms with Gasteiger partial charge >= 0.3 is 16.4 Å². The van der Waals surface area contributed by atoms with Crippen molar-refractivity contribution in [1.82, 2.24) is 0 Å². The second kappa shape index (κ2) is 9.03. The largest absolute Gasteiger partial charge is 0.508 e. The molecule has 0 aliphatic carbocycles. The average molecular weight is 538 g/mol. The van der Waals surface area contributed by atoms with Crippen molar-refractivity contribution in [3.8, 4) is 51.7 Å². The first-order valence-electron chi connectivity index (χ1n) is 10.1. The zero-order chi connectivity index (χ0) is 27.2. The number of ether oxygens (including phenoxy) is 2. The van der Waals surface area contributed by atoms with E-state index in [0.717, 1.165) is 18.2 Å². The van der Waals surface area contributed by atoms with Crippen LogP contribution in [-0.4, -0.2) is 60.8 Å². The number of carbonyl (C=O) groups is 1. The van der Waals surface area contributed by atoms with Gasteiger partial charge in [-0.2, -0.15) is 8.42 Å². The molecule has 37 heavy (non-hydrogen) atoms. The molecule has 1 heterocycles. The van der Waals surface area contributed by atoms with E-state index in [4.69, 9.17) is 14.0 Å². The molecule has 0 saturated heterocycles. The van der Waals surface area contributed by atoms with Gasteiger partial charge in [-0.1, -0.05) is 0 Å². The number of aromatic hydroxyl groups is 7. The molecule has 0 bridgehead atoms. The molecule has 1 aliphatic heterocycles. The third kappa shape index (κ3) is 5.12. The van der Waals surface area contributed by atoms with Crippen LogP contribution >= 0.6 is 0 Å². The summed E-state index contributed by atoms with van der Waals surface area (Å²) in [6.45, 7) is 0. The lowest BCUT2D eigenvalue weighted by Gasteiger charge is -2.34. The number of hydrogen-bond acceptors (Lipinski definition) is 13. The van der Waals surface area contributed by atoms with Crippen LogP contribution in [-0.2, 0) is 21.6 Å². The Hall–Kier alpha value is -4.76. The molecule has 0 saturated carbocycles. The number of phenols is 7. The van der Waals surface area contributed by atoms with Gasteiger partial charge in [0.25, 0.3) is 0 Å². The predicted molar refractivity (Wildman–Crippen MR) is 119 cm³/mol. The second-order valence-electron chi connectivity index (χ2n) is 7.89. The first-order chi connectivity index (χ1) is 17.2. The molecule has 0 fully saturated rings. The molecule has 3 aromatic rings. The first-order valence-corrected chi connectivity index (χ1v) is 11.5. The third-order valence-corrected chi connectivity index (χ3v) is 5.70. The van der Waals surface area contributed by atoms with Crippen LogP contribution in [0.3, 0.4) is 0 Å². The number of benzene rings is 3. The second-order valence-corrected chi connectivity index (χ2v) is 8.91. The third-order valence-electron chi connectivity index (χ3n) is 5.32. The molecule has 2 unspecified atom stereocenters. The zero-order valence-corrected chi connectivity index (χ0v) is 19.1. The van der Waals surface area contributed by atoms with E-state index in [1.54, 1.807) is 0 Å². The normalized spacial score (nSPS) is 16.9. The van der Waals surface area contributed by atoms with Crippen LogP contribution in [0, 0.1) is 0 Å². The van der Waals surface area contributed by atoms with Gasteiger partial charge in [0.15, 0.2) is 34.9 Å². The summed E-state index contributed by atoms with van der Waals surface area (Å²) >= 11 is 0. The van der Waals surface area contributed by atoms with E-state index in [9.17, 15) is 49.0 Å². The van der Waals surface area contributed by atoms with Crippen molar-refractivity contribution in [2.45, 2.75) is 18.6 Å². The minimum absolute atomic E-state index is 0.0103. The number of phenolic OH excluding ortho intramolecular Hbond substituents is 7. The Balaban J connectivity index is 1.71. The molecular weight excluding hydrogens is 520 g/mol. The number of rotatable bonds is 5. The van der Waals surface area contributed by atoms with Crippen molar-refractivity contribution in [1.29, 1.82) is 0 Å². The van der Waals surface area contributed by atoms with Gasteiger partial charge in [-0.3, -0.25) is 4.55 Å². The molecule has 0 aromatic heterocycles. The van der Waals surface area contributed by atoms with E-state index in [0.29, 0.717) is 12.1 Å². The van der Waals surface area contributed by atoms with Crippen LogP contribution < -0.4 is 8.92 Å². The fraction of sp³-hybridized carbons (Fsp3) is 0.136. The predicted octanol–water partition coefficient (Wildman–Crippen LogP) is 1.71. The van der Waals surface area contributed by atoms with Gasteiger partial charge < -0.3 is 49.4 Å². The van der Waals surface area contributed by atoms with Gasteiger partial charge in [0.05, 0.1) is 5.56 Å². The molecule has 0 amide bonds. The lowest BCUT2D eigenvalue weighted by atomic mass is 9.93. The molecule has 1 aliphatic rings. The standard InChI is InChI=1S/C22H18O14S/c23-10-5-12(24)11-7-18(20(34-17(11)6-10)8-1-13(25)19(29)14(26)2-8)35-22(30)9-3-15(27)21(16(28)4-9)36-37(31,32)33/h1-6,18,20,23-29H,7H2,(H,31,32,33). The molecule has 14 nitrogen and oxygen atoms in total. The highest BCUT2D eigenvalue weighted by molar-refractivity contribution is 7.81. The highest BCUT2D eigenvalue weighted by atomic mass is 32.3. The van der Waals surface area contributed by atoms with Gasteiger partial charge in [0.1, 0.15) is 23.4 Å². The van der Waals surface area contributed by atoms with Gasteiger partial charge in [-0.05, 0) is 24.3 Å². The van der Waals surface area contributed by atoms with Crippen LogP contribution in [0.15, 0.2) is 36.4 Å². The molecular formula is C22H18O14S. The fourth-order valence-electron chi connectivity index (χ4n) is 3.74. The van der Waals surface area contributed by atoms with E-state index < -0.39 is 74.4 Å². The van der Waals surface area contributed by atoms with Crippen molar-refractivity contribution < 1.29 is 67.2 Å². The maximum Gasteiger partial charge on any atom is 0.446 e. The highest BCUT2D eigenvalue weighted by Gasteiger charge is 2.37. The van der Waals surface area contributed by atoms with Crippen molar-refractivity contribution >= 4 is 16.4 Å². The van der Waals surface area contributed by atoms with Crippen LogP contribution in [0.4, 0.5) is 0 Å². The SMILES string of the molecule is O=C(OC1Cc2c(O)cc(O)cc2OC1c1cc(O)c(O)c(O)c1)c1cc(O)c(OS(=O)(=O)O)c(O)c1. The maximum atomic E-state index is 12.9. The minimum Gasteiger partial charge on any atom is -0.508 e. The molecule has 2 atom stereocenters. The van der Waals surface area contributed by atoms with Crippen LogP contribution in [0.25, 0.3) is 0 Å². The maximum absolute atomic E-state index is 12.9. The van der Waals surface area contributed by atoms with Crippen molar-refractivity contribution in [2.24, 2.45) is 0 Å². The van der Waals surface area contributed by atoms with E-state index in [1.807, 2.05) is 0 Å². The van der Waals surface area contributed by atoms with Crippen molar-refractivity contribution in [3.63, 3.8) is 0 Å². The van der Waals surface area contributed by atoms with Gasteiger partial charge in [-0.15, -0.1) is 0 Å². The molecule has 3 aromatic carbocycles. The smallest absolute Gasteiger partial charge is 0.446 e. The Labute approximate surface area is 207 Å². The van der Waals surface area contributed by atoms with E-state index in [1.165, 1.54) is 6.07 Å². The zero-order valence-electron chi connectivity index (χ0n) is 18.3. The van der Waals surface area contributed by atoms with Gasteiger partial charge in [-0.25, -0.2) is 4.79 Å². The summed E-state index contributed by atoms with van der Waals surface area (Å²) in [5.41, 5.74) is -0.350. The highest BCUT2D eigenvalue weighted by Crippen LogP contribution is 2.46. The molecule has 0 spiro atoms. The van der Waals surface area contributed by atoms with E-state index in [-0.39, 0.29) is 29.0 Å². The van der Waals surface area contributed by atoms with Crippen molar-refractivity contribution in [3.05, 3.63) is 53.1 Å². The summed E-state index contributed by atoms with van der Waals surface area (Å²) in [6, 6.07) is 5.60. The monoisotopic (exact) mass is 538 g/mol. The summed E-state index contributed by atoms with van der Waals surface area (Å²) in [4.78, 5) is 12.9. The Kier molecular flexibility index (Phi) is 6.18. The van der Waals surface area contributed by atoms with Crippen LogP contribution in [0.5, 0.6) is 51.7 Å². The minimum atomic E-state index is -5.11. The number of hydrogen-bond donors (Lipinski definition) is 8. The number of fused-ring (bicyclic) bond motifs is 1. The quantitative estimate of drug-likeness (QED) is 0.131. The molecule has 0 radical (unpaired) electrons. The lowest BCUT2D eigenvalue weighted by molar-refractivity contribution is -0.0189. The van der Waals surface area contributed by atoms with Gasteiger partial charge in [0, 0.05) is 29.7 Å². The summed E-state index contributed by atoms with van der Waals surface area (Å²) in [7, 11) is -5.11. The number of esters is 1.